The highest BCUT2D eigenvalue weighted by atomic mass is 35.5. The minimum absolute atomic E-state index is 0. The molecule has 1 aliphatic rings. The number of esters is 1. The van der Waals surface area contributed by atoms with Crippen molar-refractivity contribution in [1.82, 2.24) is 9.62 Å². The topological polar surface area (TPSA) is 75.7 Å². The van der Waals surface area contributed by atoms with Gasteiger partial charge in [0.25, 0.3) is 0 Å². The number of benzene rings is 1. The van der Waals surface area contributed by atoms with Gasteiger partial charge in [-0.05, 0) is 49.5 Å². The third kappa shape index (κ3) is 6.26. The van der Waals surface area contributed by atoms with E-state index in [9.17, 15) is 13.2 Å². The Morgan fingerprint density at radius 3 is 2.60 bits per heavy atom. The molecule has 1 fully saturated rings. The van der Waals surface area contributed by atoms with Crippen LogP contribution >= 0.6 is 12.4 Å². The molecular formula is C17H27ClN2O4S. The smallest absolute Gasteiger partial charge is 0.337 e. The number of nitrogens with zero attached hydrogens (tertiary/aromatic N) is 1. The molecule has 0 aromatic heterocycles. The number of ether oxygens (including phenoxy) is 1. The fourth-order valence-corrected chi connectivity index (χ4v) is 4.50. The van der Waals surface area contributed by atoms with Crippen LogP contribution in [0.5, 0.6) is 0 Å². The number of sulfonamides is 1. The highest BCUT2D eigenvalue weighted by Gasteiger charge is 2.28. The first-order valence-electron chi connectivity index (χ1n) is 8.32. The van der Waals surface area contributed by atoms with Gasteiger partial charge in [0.1, 0.15) is 0 Å². The summed E-state index contributed by atoms with van der Waals surface area (Å²) >= 11 is 0. The van der Waals surface area contributed by atoms with Gasteiger partial charge in [-0.25, -0.2) is 17.5 Å². The number of rotatable bonds is 7. The Balaban J connectivity index is 0.00000312. The summed E-state index contributed by atoms with van der Waals surface area (Å²) in [5.41, 5.74) is 0.974. The average Bonchev–Trinajstić information content (AvgIpc) is 2.59. The Bertz CT molecular complexity index is 658. The Morgan fingerprint density at radius 1 is 1.32 bits per heavy atom. The van der Waals surface area contributed by atoms with Gasteiger partial charge in [-0.3, -0.25) is 0 Å². The van der Waals surface area contributed by atoms with Crippen molar-refractivity contribution < 1.29 is 17.9 Å². The normalized spacial score (nSPS) is 16.2. The van der Waals surface area contributed by atoms with Crippen molar-refractivity contribution in [2.75, 3.05) is 33.3 Å². The molecule has 0 radical (unpaired) electrons. The van der Waals surface area contributed by atoms with Crippen LogP contribution in [0, 0.1) is 5.92 Å². The number of carbonyl (C=O) groups is 1. The van der Waals surface area contributed by atoms with E-state index in [0.717, 1.165) is 25.9 Å². The van der Waals surface area contributed by atoms with Crippen molar-refractivity contribution in [3.05, 3.63) is 35.4 Å². The van der Waals surface area contributed by atoms with Crippen LogP contribution in [0.1, 0.15) is 35.7 Å². The standard InChI is InChI=1S/C17H26N2O4S.ClH/c1-3-18-12-14-7-9-19(10-8-14)24(21,22)13-15-5-4-6-16(11-15)17(20)23-2;/h4-6,11,14,18H,3,7-10,12-13H2,1-2H3;1H. The molecule has 0 bridgehead atoms. The molecule has 0 aliphatic carbocycles. The van der Waals surface area contributed by atoms with Gasteiger partial charge in [0.05, 0.1) is 18.4 Å². The van der Waals surface area contributed by atoms with Crippen LogP contribution in [-0.2, 0) is 20.5 Å². The van der Waals surface area contributed by atoms with Crippen LogP contribution in [0.15, 0.2) is 24.3 Å². The highest BCUT2D eigenvalue weighted by Crippen LogP contribution is 2.21. The molecule has 1 aromatic rings. The van der Waals surface area contributed by atoms with Crippen molar-refractivity contribution in [3.63, 3.8) is 0 Å². The summed E-state index contributed by atoms with van der Waals surface area (Å²) in [6.07, 6.45) is 1.77. The van der Waals surface area contributed by atoms with Crippen LogP contribution < -0.4 is 5.32 Å². The van der Waals surface area contributed by atoms with Gasteiger partial charge in [-0.2, -0.15) is 0 Å². The predicted octanol–water partition coefficient (Wildman–Crippen LogP) is 2.05. The quantitative estimate of drug-likeness (QED) is 0.721. The fourth-order valence-electron chi connectivity index (χ4n) is 2.95. The molecule has 0 atom stereocenters. The molecule has 0 unspecified atom stereocenters. The Kier molecular flexibility index (Phi) is 8.85. The first kappa shape index (κ1) is 21.9. The van der Waals surface area contributed by atoms with Gasteiger partial charge < -0.3 is 10.1 Å². The second kappa shape index (κ2) is 10.1. The van der Waals surface area contributed by atoms with Gasteiger partial charge in [0.15, 0.2) is 0 Å². The minimum Gasteiger partial charge on any atom is -0.465 e. The Hall–Kier alpha value is -1.15. The van der Waals surface area contributed by atoms with E-state index in [2.05, 4.69) is 17.0 Å². The molecule has 6 nitrogen and oxygen atoms in total. The summed E-state index contributed by atoms with van der Waals surface area (Å²) in [4.78, 5) is 11.6. The second-order valence-electron chi connectivity index (χ2n) is 6.10. The largest absolute Gasteiger partial charge is 0.465 e. The molecule has 1 N–H and O–H groups in total. The van der Waals surface area contributed by atoms with Gasteiger partial charge in [-0.1, -0.05) is 19.1 Å². The van der Waals surface area contributed by atoms with E-state index < -0.39 is 16.0 Å². The number of carbonyl (C=O) groups excluding carboxylic acids is 1. The first-order chi connectivity index (χ1) is 11.5. The van der Waals surface area contributed by atoms with Crippen molar-refractivity contribution >= 4 is 28.4 Å². The zero-order valence-corrected chi connectivity index (χ0v) is 16.4. The van der Waals surface area contributed by atoms with Gasteiger partial charge >= 0.3 is 5.97 Å². The van der Waals surface area contributed by atoms with Gasteiger partial charge in [0.2, 0.25) is 10.0 Å². The molecule has 1 aromatic carbocycles. The number of piperidine rings is 1. The number of hydrogen-bond donors (Lipinski definition) is 1. The second-order valence-corrected chi connectivity index (χ2v) is 8.07. The molecule has 0 saturated carbocycles. The average molecular weight is 391 g/mol. The van der Waals surface area contributed by atoms with E-state index in [0.29, 0.717) is 30.1 Å². The van der Waals surface area contributed by atoms with E-state index in [4.69, 9.17) is 0 Å². The number of hydrogen-bond acceptors (Lipinski definition) is 5. The zero-order chi connectivity index (χ0) is 17.6. The van der Waals surface area contributed by atoms with Crippen molar-refractivity contribution in [2.24, 2.45) is 5.92 Å². The van der Waals surface area contributed by atoms with E-state index in [1.165, 1.54) is 7.11 Å². The fraction of sp³-hybridized carbons (Fsp3) is 0.588. The molecule has 1 heterocycles. The maximum atomic E-state index is 12.6. The maximum Gasteiger partial charge on any atom is 0.337 e. The summed E-state index contributed by atoms with van der Waals surface area (Å²) in [5, 5.41) is 3.32. The SMILES string of the molecule is CCNCC1CCN(S(=O)(=O)Cc2cccc(C(=O)OC)c2)CC1.Cl. The maximum absolute atomic E-state index is 12.6. The monoisotopic (exact) mass is 390 g/mol. The van der Waals surface area contributed by atoms with E-state index in [1.54, 1.807) is 28.6 Å². The van der Waals surface area contributed by atoms with Crippen LogP contribution in [0.25, 0.3) is 0 Å². The molecule has 142 valence electrons. The summed E-state index contributed by atoms with van der Waals surface area (Å²) in [6.45, 7) is 5.09. The minimum atomic E-state index is -3.37. The van der Waals surface area contributed by atoms with Crippen LogP contribution in [0.2, 0.25) is 0 Å². The van der Waals surface area contributed by atoms with E-state index in [-0.39, 0.29) is 18.2 Å². The van der Waals surface area contributed by atoms with Crippen LogP contribution in [0.3, 0.4) is 0 Å². The molecular weight excluding hydrogens is 364 g/mol. The van der Waals surface area contributed by atoms with Crippen LogP contribution in [-0.4, -0.2) is 52.0 Å². The summed E-state index contributed by atoms with van der Waals surface area (Å²) in [7, 11) is -2.06. The molecule has 1 saturated heterocycles. The Morgan fingerprint density at radius 2 is 2.00 bits per heavy atom. The summed E-state index contributed by atoms with van der Waals surface area (Å²) in [6, 6.07) is 6.61. The summed E-state index contributed by atoms with van der Waals surface area (Å²) < 4.78 is 31.5. The Labute approximate surface area is 156 Å². The molecule has 0 amide bonds. The lowest BCUT2D eigenvalue weighted by Gasteiger charge is -2.31. The zero-order valence-electron chi connectivity index (χ0n) is 14.7. The van der Waals surface area contributed by atoms with Gasteiger partial charge in [0, 0.05) is 13.1 Å². The lowest BCUT2D eigenvalue weighted by Crippen LogP contribution is -2.41. The summed E-state index contributed by atoms with van der Waals surface area (Å²) in [5.74, 6) is -0.00653. The van der Waals surface area contributed by atoms with Crippen molar-refractivity contribution in [3.8, 4) is 0 Å². The number of halogens is 1. The number of nitrogens with one attached hydrogen (secondary N) is 1. The van der Waals surface area contributed by atoms with E-state index >= 15 is 0 Å². The lowest BCUT2D eigenvalue weighted by atomic mass is 9.98. The predicted molar refractivity (Wildman–Crippen MR) is 100 cm³/mol. The molecule has 8 heteroatoms. The molecule has 1 aliphatic heterocycles. The van der Waals surface area contributed by atoms with Crippen molar-refractivity contribution in [1.29, 1.82) is 0 Å². The lowest BCUT2D eigenvalue weighted by molar-refractivity contribution is 0.0600. The first-order valence-corrected chi connectivity index (χ1v) is 9.93. The van der Waals surface area contributed by atoms with Gasteiger partial charge in [-0.15, -0.1) is 12.4 Å². The highest BCUT2D eigenvalue weighted by molar-refractivity contribution is 7.88. The molecule has 0 spiro atoms. The molecule has 25 heavy (non-hydrogen) atoms. The third-order valence-electron chi connectivity index (χ3n) is 4.35. The number of methoxy groups -OCH3 is 1. The molecule has 2 rings (SSSR count). The van der Waals surface area contributed by atoms with E-state index in [1.807, 2.05) is 0 Å². The van der Waals surface area contributed by atoms with Crippen molar-refractivity contribution in [2.45, 2.75) is 25.5 Å². The third-order valence-corrected chi connectivity index (χ3v) is 6.20. The van der Waals surface area contributed by atoms with Crippen LogP contribution in [0.4, 0.5) is 0 Å².